The van der Waals surface area contributed by atoms with Crippen LogP contribution in [0.3, 0.4) is 0 Å². The number of imidazole rings is 1. The van der Waals surface area contributed by atoms with Gasteiger partial charge in [-0.05, 0) is 68.1 Å². The molecule has 2 aromatic rings. The zero-order chi connectivity index (χ0) is 19.1. The molecule has 28 heavy (non-hydrogen) atoms. The van der Waals surface area contributed by atoms with Crippen molar-refractivity contribution in [2.24, 2.45) is 17.8 Å². The number of phenols is 1. The van der Waals surface area contributed by atoms with Crippen LogP contribution in [0.1, 0.15) is 43.1 Å². The molecular weight excluding hydrogens is 350 g/mol. The largest absolute Gasteiger partial charge is 0.508 e. The second-order valence-corrected chi connectivity index (χ2v) is 9.12. The number of hydrogen-bond donors (Lipinski definition) is 1. The van der Waals surface area contributed by atoms with Gasteiger partial charge in [0, 0.05) is 38.6 Å². The topological polar surface area (TPSA) is 50.5 Å². The molecule has 5 nitrogen and oxygen atoms in total. The Morgan fingerprint density at radius 2 is 2.00 bits per heavy atom. The summed E-state index contributed by atoms with van der Waals surface area (Å²) in [6.45, 7) is 6.23. The molecule has 150 valence electrons. The van der Waals surface area contributed by atoms with E-state index in [4.69, 9.17) is 4.74 Å². The van der Waals surface area contributed by atoms with Crippen LogP contribution in [0.4, 0.5) is 0 Å². The van der Waals surface area contributed by atoms with Crippen LogP contribution in [0.5, 0.6) is 5.75 Å². The van der Waals surface area contributed by atoms with Gasteiger partial charge in [0.05, 0.1) is 12.1 Å². The Morgan fingerprint density at radius 3 is 2.71 bits per heavy atom. The summed E-state index contributed by atoms with van der Waals surface area (Å²) in [4.78, 5) is 7.03. The molecule has 0 bridgehead atoms. The van der Waals surface area contributed by atoms with Crippen LogP contribution < -0.4 is 0 Å². The van der Waals surface area contributed by atoms with Crippen molar-refractivity contribution in [2.75, 3.05) is 19.7 Å². The van der Waals surface area contributed by atoms with Crippen molar-refractivity contribution in [3.05, 3.63) is 48.0 Å². The number of phenolic OH excluding ortho intramolecular Hbond substituents is 1. The second kappa shape index (κ2) is 7.53. The average molecular weight is 382 g/mol. The molecule has 0 unspecified atom stereocenters. The quantitative estimate of drug-likeness (QED) is 0.827. The van der Waals surface area contributed by atoms with Crippen LogP contribution in [0.15, 0.2) is 36.7 Å². The smallest absolute Gasteiger partial charge is 0.115 e. The minimum absolute atomic E-state index is 0.301. The van der Waals surface area contributed by atoms with Gasteiger partial charge in [0.25, 0.3) is 0 Å². The second-order valence-electron chi connectivity index (χ2n) is 9.12. The van der Waals surface area contributed by atoms with Crippen molar-refractivity contribution in [1.82, 2.24) is 14.5 Å². The van der Waals surface area contributed by atoms with E-state index in [2.05, 4.69) is 33.6 Å². The summed E-state index contributed by atoms with van der Waals surface area (Å²) < 4.78 is 8.83. The summed E-state index contributed by atoms with van der Waals surface area (Å²) in [7, 11) is 0. The van der Waals surface area contributed by atoms with Crippen molar-refractivity contribution in [1.29, 1.82) is 0 Å². The first kappa shape index (κ1) is 18.2. The summed E-state index contributed by atoms with van der Waals surface area (Å²) in [5, 5.41) is 9.76. The molecular formula is C23H31N3O2. The van der Waals surface area contributed by atoms with Crippen LogP contribution in [-0.2, 0) is 11.3 Å². The molecule has 1 aromatic heterocycles. The van der Waals surface area contributed by atoms with E-state index in [9.17, 15) is 5.11 Å². The summed E-state index contributed by atoms with van der Waals surface area (Å²) >= 11 is 0. The molecule has 2 saturated carbocycles. The third-order valence-electron chi connectivity index (χ3n) is 6.94. The van der Waals surface area contributed by atoms with Gasteiger partial charge < -0.3 is 14.4 Å². The molecule has 5 rings (SSSR count). The van der Waals surface area contributed by atoms with E-state index < -0.39 is 0 Å². The molecule has 3 fully saturated rings. The van der Waals surface area contributed by atoms with Gasteiger partial charge in [0.2, 0.25) is 0 Å². The molecule has 0 radical (unpaired) electrons. The van der Waals surface area contributed by atoms with Crippen LogP contribution in [-0.4, -0.2) is 45.4 Å². The molecule has 3 aliphatic rings. The normalized spacial score (nSPS) is 30.5. The number of ether oxygens (including phenoxy) is 1. The molecule has 1 saturated heterocycles. The van der Waals surface area contributed by atoms with Crippen LogP contribution in [0.25, 0.3) is 0 Å². The highest BCUT2D eigenvalue weighted by molar-refractivity contribution is 5.27. The maximum absolute atomic E-state index is 9.76. The number of nitrogens with zero attached hydrogens (tertiary/aromatic N) is 3. The Morgan fingerprint density at radius 1 is 1.18 bits per heavy atom. The number of aromatic nitrogens is 2. The number of fused-ring (bicyclic) bond motifs is 1. The third kappa shape index (κ3) is 3.83. The zero-order valence-corrected chi connectivity index (χ0v) is 16.7. The van der Waals surface area contributed by atoms with Gasteiger partial charge in [0.1, 0.15) is 11.6 Å². The lowest BCUT2D eigenvalue weighted by atomic mass is 9.77. The first-order valence-electron chi connectivity index (χ1n) is 10.8. The highest BCUT2D eigenvalue weighted by atomic mass is 16.5. The third-order valence-corrected chi connectivity index (χ3v) is 6.94. The van der Waals surface area contributed by atoms with E-state index in [0.29, 0.717) is 29.7 Å². The van der Waals surface area contributed by atoms with Gasteiger partial charge in [-0.25, -0.2) is 4.98 Å². The van der Waals surface area contributed by atoms with Crippen molar-refractivity contribution in [3.63, 3.8) is 0 Å². The first-order chi connectivity index (χ1) is 13.7. The van der Waals surface area contributed by atoms with E-state index in [1.54, 1.807) is 6.07 Å². The van der Waals surface area contributed by atoms with E-state index in [-0.39, 0.29) is 0 Å². The Bertz CT molecular complexity index is 816. The lowest BCUT2D eigenvalue weighted by molar-refractivity contribution is -0.0343. The minimum Gasteiger partial charge on any atom is -0.508 e. The van der Waals surface area contributed by atoms with E-state index in [0.717, 1.165) is 44.4 Å². The highest BCUT2D eigenvalue weighted by Crippen LogP contribution is 2.44. The fourth-order valence-electron chi connectivity index (χ4n) is 5.28. The van der Waals surface area contributed by atoms with Crippen LogP contribution in [0, 0.1) is 24.7 Å². The van der Waals surface area contributed by atoms with Crippen molar-refractivity contribution in [3.8, 4) is 5.75 Å². The molecule has 2 aliphatic carbocycles. The van der Waals surface area contributed by atoms with Crippen molar-refractivity contribution >= 4 is 0 Å². The molecule has 0 spiro atoms. The fourth-order valence-corrected chi connectivity index (χ4v) is 5.28. The molecule has 1 aromatic carbocycles. The van der Waals surface area contributed by atoms with Crippen LogP contribution >= 0.6 is 0 Å². The monoisotopic (exact) mass is 381 g/mol. The standard InChI is InChI=1S/C23H31N3O2/c1-16-24-7-8-26(16)22-10-19-13-25(12-18-3-2-4-21(27)9-18)14-20(19)11-23(22)28-15-17-5-6-17/h2-4,7-9,17,19-20,22-23,27H,5-6,10-15H2,1H3/t19-,20+,22-,23-/m0/s1. The van der Waals surface area contributed by atoms with Gasteiger partial charge in [-0.1, -0.05) is 12.1 Å². The lowest BCUT2D eigenvalue weighted by Crippen LogP contribution is -2.38. The van der Waals surface area contributed by atoms with Crippen molar-refractivity contribution < 1.29 is 9.84 Å². The minimum atomic E-state index is 0.301. The molecule has 4 atom stereocenters. The number of benzene rings is 1. The number of aromatic hydroxyl groups is 1. The number of hydrogen-bond acceptors (Lipinski definition) is 4. The number of likely N-dealkylation sites (tertiary alicyclic amines) is 1. The SMILES string of the molecule is Cc1nccn1[C@H]1C[C@H]2CN(Cc3cccc(O)c3)C[C@H]2C[C@@H]1OCC1CC1. The lowest BCUT2D eigenvalue weighted by Gasteiger charge is -2.39. The summed E-state index contributed by atoms with van der Waals surface area (Å²) in [6, 6.07) is 8.09. The summed E-state index contributed by atoms with van der Waals surface area (Å²) in [5.41, 5.74) is 1.20. The Kier molecular flexibility index (Phi) is 4.89. The summed E-state index contributed by atoms with van der Waals surface area (Å²) in [6.07, 6.45) is 9.35. The van der Waals surface area contributed by atoms with Gasteiger partial charge in [0.15, 0.2) is 0 Å². The van der Waals surface area contributed by atoms with Gasteiger partial charge in [-0.2, -0.15) is 0 Å². The molecule has 1 aliphatic heterocycles. The van der Waals surface area contributed by atoms with Gasteiger partial charge in [-0.15, -0.1) is 0 Å². The molecule has 5 heteroatoms. The number of rotatable bonds is 6. The van der Waals surface area contributed by atoms with Gasteiger partial charge >= 0.3 is 0 Å². The summed E-state index contributed by atoms with van der Waals surface area (Å²) in [5.74, 6) is 3.68. The van der Waals surface area contributed by atoms with E-state index in [1.807, 2.05) is 18.3 Å². The Hall–Kier alpha value is -1.85. The predicted octanol–water partition coefficient (Wildman–Crippen LogP) is 3.78. The first-order valence-corrected chi connectivity index (χ1v) is 10.8. The zero-order valence-electron chi connectivity index (χ0n) is 16.7. The van der Waals surface area contributed by atoms with Gasteiger partial charge in [-0.3, -0.25) is 4.90 Å². The maximum Gasteiger partial charge on any atom is 0.115 e. The highest BCUT2D eigenvalue weighted by Gasteiger charge is 2.43. The molecule has 0 amide bonds. The maximum atomic E-state index is 9.76. The van der Waals surface area contributed by atoms with Crippen LogP contribution in [0.2, 0.25) is 0 Å². The predicted molar refractivity (Wildman–Crippen MR) is 108 cm³/mol. The van der Waals surface area contributed by atoms with E-state index in [1.165, 1.54) is 24.8 Å². The average Bonchev–Trinajstić information content (AvgIpc) is 3.28. The van der Waals surface area contributed by atoms with E-state index >= 15 is 0 Å². The Balaban J connectivity index is 1.29. The Labute approximate surface area is 167 Å². The fraction of sp³-hybridized carbons (Fsp3) is 0.609. The molecule has 1 N–H and O–H groups in total. The van der Waals surface area contributed by atoms with Crippen molar-refractivity contribution in [2.45, 2.75) is 51.3 Å². The molecule has 2 heterocycles. The number of aryl methyl sites for hydroxylation is 1.